The molecule has 0 aromatic heterocycles. The van der Waals surface area contributed by atoms with Crippen molar-refractivity contribution >= 4 is 16.1 Å². The maximum atomic E-state index is 13.4. The number of sulfonamides is 1. The molecule has 3 rings (SSSR count). The molecular weight excluding hydrogens is 421 g/mol. The molecule has 164 valence electrons. The molecule has 9 heteroatoms. The van der Waals surface area contributed by atoms with Gasteiger partial charge in [0, 0.05) is 19.0 Å². The first-order valence-corrected chi connectivity index (χ1v) is 11.2. The quantitative estimate of drug-likeness (QED) is 0.778. The van der Waals surface area contributed by atoms with E-state index in [0.717, 1.165) is 0 Å². The largest absolute Gasteiger partial charge is 0.444 e. The zero-order valence-electron chi connectivity index (χ0n) is 17.5. The number of benzene rings is 2. The Kier molecular flexibility index (Phi) is 6.34. The number of hydrogen-bond acceptors (Lipinski definition) is 5. The molecule has 0 saturated carbocycles. The molecule has 1 amide bonds. The molecule has 0 unspecified atom stereocenters. The lowest BCUT2D eigenvalue weighted by Gasteiger charge is -2.24. The number of amides is 1. The van der Waals surface area contributed by atoms with Crippen LogP contribution in [0, 0.1) is 17.1 Å². The smallest absolute Gasteiger partial charge is 0.407 e. The minimum absolute atomic E-state index is 0.0105. The van der Waals surface area contributed by atoms with Crippen LogP contribution in [-0.2, 0) is 14.8 Å². The fourth-order valence-corrected chi connectivity index (χ4v) is 5.17. The van der Waals surface area contributed by atoms with Gasteiger partial charge in [-0.05, 0) is 50.6 Å². The van der Waals surface area contributed by atoms with E-state index in [1.807, 2.05) is 6.07 Å². The Morgan fingerprint density at radius 2 is 1.81 bits per heavy atom. The molecule has 1 aliphatic rings. The number of hydrogen-bond donors (Lipinski definition) is 1. The van der Waals surface area contributed by atoms with Gasteiger partial charge in [0.15, 0.2) is 0 Å². The van der Waals surface area contributed by atoms with E-state index in [9.17, 15) is 22.9 Å². The standard InChI is InChI=1S/C22H24FN3O4S/c1-22(2,3)30-21(27)25-19-14-26(13-18(19)15-8-10-17(23)11-9-15)31(28,29)20-7-5-4-6-16(20)12-24/h4-11,18-19H,13-14H2,1-3H3,(H,25,27)/t18-,19+/m0/s1. The summed E-state index contributed by atoms with van der Waals surface area (Å²) in [7, 11) is -3.99. The summed E-state index contributed by atoms with van der Waals surface area (Å²) in [4.78, 5) is 12.3. The van der Waals surface area contributed by atoms with Crippen LogP contribution in [0.5, 0.6) is 0 Å². The number of carbonyl (C=O) groups is 1. The molecule has 31 heavy (non-hydrogen) atoms. The zero-order chi connectivity index (χ0) is 22.8. The highest BCUT2D eigenvalue weighted by Crippen LogP contribution is 2.32. The van der Waals surface area contributed by atoms with Crippen LogP contribution in [0.2, 0.25) is 0 Å². The fraction of sp³-hybridized carbons (Fsp3) is 0.364. The SMILES string of the molecule is CC(C)(C)OC(=O)N[C@@H]1CN(S(=O)(=O)c2ccccc2C#N)C[C@H]1c1ccc(F)cc1. The lowest BCUT2D eigenvalue weighted by atomic mass is 9.94. The first-order valence-electron chi connectivity index (χ1n) is 9.75. The summed E-state index contributed by atoms with van der Waals surface area (Å²) in [5.41, 5.74) is 0.0177. The minimum atomic E-state index is -3.99. The molecule has 2 aromatic carbocycles. The summed E-state index contributed by atoms with van der Waals surface area (Å²) in [5, 5.41) is 12.1. The van der Waals surface area contributed by atoms with Crippen LogP contribution in [0.3, 0.4) is 0 Å². The van der Waals surface area contributed by atoms with E-state index in [0.29, 0.717) is 5.56 Å². The van der Waals surface area contributed by atoms with E-state index in [2.05, 4.69) is 5.32 Å². The Balaban J connectivity index is 1.93. The van der Waals surface area contributed by atoms with Crippen molar-refractivity contribution in [1.82, 2.24) is 9.62 Å². The maximum Gasteiger partial charge on any atom is 0.407 e. The van der Waals surface area contributed by atoms with Crippen LogP contribution in [0.1, 0.15) is 37.8 Å². The van der Waals surface area contributed by atoms with Crippen LogP contribution in [0.25, 0.3) is 0 Å². The van der Waals surface area contributed by atoms with Crippen LogP contribution >= 0.6 is 0 Å². The average molecular weight is 446 g/mol. The van der Waals surface area contributed by atoms with Crippen molar-refractivity contribution < 1.29 is 22.3 Å². The van der Waals surface area contributed by atoms with E-state index >= 15 is 0 Å². The van der Waals surface area contributed by atoms with Crippen LogP contribution in [0.15, 0.2) is 53.4 Å². The molecule has 0 radical (unpaired) electrons. The van der Waals surface area contributed by atoms with E-state index in [4.69, 9.17) is 4.74 Å². The zero-order valence-corrected chi connectivity index (χ0v) is 18.3. The molecule has 0 spiro atoms. The molecule has 0 aliphatic carbocycles. The summed E-state index contributed by atoms with van der Waals surface area (Å²) in [5.74, 6) is -0.831. The van der Waals surface area contributed by atoms with Gasteiger partial charge in [-0.25, -0.2) is 17.6 Å². The van der Waals surface area contributed by atoms with E-state index in [1.165, 1.54) is 28.6 Å². The van der Waals surface area contributed by atoms with Crippen molar-refractivity contribution in [1.29, 1.82) is 5.26 Å². The summed E-state index contributed by atoms with van der Waals surface area (Å²) < 4.78 is 46.5. The van der Waals surface area contributed by atoms with E-state index in [-0.39, 0.29) is 23.5 Å². The van der Waals surface area contributed by atoms with E-state index < -0.39 is 39.5 Å². The Hall–Kier alpha value is -2.96. The number of nitrogens with zero attached hydrogens (tertiary/aromatic N) is 2. The van der Waals surface area contributed by atoms with Crippen molar-refractivity contribution in [2.75, 3.05) is 13.1 Å². The molecule has 1 N–H and O–H groups in total. The normalized spacial score (nSPS) is 19.6. The highest BCUT2D eigenvalue weighted by molar-refractivity contribution is 7.89. The molecule has 1 saturated heterocycles. The molecule has 1 heterocycles. The number of halogens is 1. The van der Waals surface area contributed by atoms with Gasteiger partial charge in [0.2, 0.25) is 10.0 Å². The molecule has 0 bridgehead atoms. The second-order valence-corrected chi connectivity index (χ2v) is 10.2. The van der Waals surface area contributed by atoms with Crippen molar-refractivity contribution in [3.63, 3.8) is 0 Å². The Morgan fingerprint density at radius 3 is 2.42 bits per heavy atom. The van der Waals surface area contributed by atoms with Gasteiger partial charge in [-0.1, -0.05) is 24.3 Å². The van der Waals surface area contributed by atoms with Crippen molar-refractivity contribution in [2.45, 2.75) is 43.2 Å². The summed E-state index contributed by atoms with van der Waals surface area (Å²) >= 11 is 0. The molecule has 1 fully saturated rings. The van der Waals surface area contributed by atoms with Crippen molar-refractivity contribution in [2.24, 2.45) is 0 Å². The number of alkyl carbamates (subject to hydrolysis) is 1. The summed E-state index contributed by atoms with van der Waals surface area (Å²) in [6.07, 6.45) is -0.665. The number of nitrogens with one attached hydrogen (secondary N) is 1. The third-order valence-electron chi connectivity index (χ3n) is 4.91. The Morgan fingerprint density at radius 1 is 1.16 bits per heavy atom. The number of ether oxygens (including phenoxy) is 1. The van der Waals surface area contributed by atoms with Gasteiger partial charge in [0.05, 0.1) is 16.5 Å². The van der Waals surface area contributed by atoms with Gasteiger partial charge in [0.1, 0.15) is 17.5 Å². The van der Waals surface area contributed by atoms with Crippen molar-refractivity contribution in [3.05, 3.63) is 65.5 Å². The lowest BCUT2D eigenvalue weighted by Crippen LogP contribution is -2.43. The van der Waals surface area contributed by atoms with Crippen LogP contribution < -0.4 is 5.32 Å². The molecule has 2 aromatic rings. The Bertz CT molecular complexity index is 1100. The van der Waals surface area contributed by atoms with Crippen molar-refractivity contribution in [3.8, 4) is 6.07 Å². The third-order valence-corrected chi connectivity index (χ3v) is 6.80. The summed E-state index contributed by atoms with van der Waals surface area (Å²) in [6.45, 7) is 5.24. The third kappa shape index (κ3) is 5.21. The highest BCUT2D eigenvalue weighted by Gasteiger charge is 2.42. The van der Waals surface area contributed by atoms with Gasteiger partial charge in [-0.15, -0.1) is 0 Å². The minimum Gasteiger partial charge on any atom is -0.444 e. The second-order valence-electron chi connectivity index (χ2n) is 8.34. The molecule has 2 atom stereocenters. The van der Waals surface area contributed by atoms with Gasteiger partial charge in [-0.2, -0.15) is 9.57 Å². The topological polar surface area (TPSA) is 99.5 Å². The number of carbonyl (C=O) groups excluding carboxylic acids is 1. The number of rotatable bonds is 4. The van der Waals surface area contributed by atoms with Crippen LogP contribution in [0.4, 0.5) is 9.18 Å². The molecule has 7 nitrogen and oxygen atoms in total. The van der Waals surface area contributed by atoms with Gasteiger partial charge >= 0.3 is 6.09 Å². The Labute approximate surface area is 181 Å². The monoisotopic (exact) mass is 445 g/mol. The first kappa shape index (κ1) is 22.7. The van der Waals surface area contributed by atoms with Gasteiger partial charge < -0.3 is 10.1 Å². The van der Waals surface area contributed by atoms with Gasteiger partial charge in [-0.3, -0.25) is 0 Å². The second kappa shape index (κ2) is 8.65. The molecular formula is C22H24FN3O4S. The highest BCUT2D eigenvalue weighted by atomic mass is 32.2. The fourth-order valence-electron chi connectivity index (χ4n) is 3.54. The first-order chi connectivity index (χ1) is 14.5. The van der Waals surface area contributed by atoms with Crippen LogP contribution in [-0.4, -0.2) is 43.5 Å². The number of nitriles is 1. The summed E-state index contributed by atoms with van der Waals surface area (Å²) in [6, 6.07) is 13.0. The molecule has 1 aliphatic heterocycles. The predicted molar refractivity (Wildman–Crippen MR) is 112 cm³/mol. The van der Waals surface area contributed by atoms with Gasteiger partial charge in [0.25, 0.3) is 0 Å². The predicted octanol–water partition coefficient (Wildman–Crippen LogP) is 3.38. The maximum absolute atomic E-state index is 13.4. The average Bonchev–Trinajstić information content (AvgIpc) is 3.11. The lowest BCUT2D eigenvalue weighted by molar-refractivity contribution is 0.0503. The van der Waals surface area contributed by atoms with E-state index in [1.54, 1.807) is 45.0 Å².